The lowest BCUT2D eigenvalue weighted by Crippen LogP contribution is -2.31. The molecule has 0 heterocycles. The summed E-state index contributed by atoms with van der Waals surface area (Å²) in [6.45, 7) is 4.17. The molecule has 0 saturated heterocycles. The average Bonchev–Trinajstić information content (AvgIpc) is 2.59. The van der Waals surface area contributed by atoms with Crippen LogP contribution in [0.25, 0.3) is 0 Å². The van der Waals surface area contributed by atoms with Gasteiger partial charge in [-0.15, -0.1) is 0 Å². The molecule has 2 aromatic rings. The SMILES string of the molecule is CCN(CC)C(c1ccc(Cl)cc1)c1c(F)c(F)c(F)c(F)c1F. The molecule has 7 heteroatoms. The van der Waals surface area contributed by atoms with Crippen LogP contribution in [0, 0.1) is 29.1 Å². The molecule has 0 aliphatic rings. The highest BCUT2D eigenvalue weighted by molar-refractivity contribution is 6.30. The van der Waals surface area contributed by atoms with Crippen molar-refractivity contribution in [3.63, 3.8) is 0 Å². The zero-order valence-corrected chi connectivity index (χ0v) is 13.8. The Morgan fingerprint density at radius 3 is 1.62 bits per heavy atom. The normalized spacial score (nSPS) is 12.7. The van der Waals surface area contributed by atoms with Gasteiger partial charge in [0, 0.05) is 5.02 Å². The molecule has 1 atom stereocenters. The predicted molar refractivity (Wildman–Crippen MR) is 82.4 cm³/mol. The number of hydrogen-bond donors (Lipinski definition) is 0. The summed E-state index contributed by atoms with van der Waals surface area (Å²) in [7, 11) is 0. The topological polar surface area (TPSA) is 3.24 Å². The number of nitrogens with zero attached hydrogens (tertiary/aromatic N) is 1. The fourth-order valence-electron chi connectivity index (χ4n) is 2.66. The van der Waals surface area contributed by atoms with E-state index in [1.807, 2.05) is 0 Å². The molecule has 0 amide bonds. The van der Waals surface area contributed by atoms with Crippen molar-refractivity contribution in [2.24, 2.45) is 0 Å². The molecular weight excluding hydrogens is 349 g/mol. The third kappa shape index (κ3) is 3.26. The van der Waals surface area contributed by atoms with Crippen LogP contribution in [0.1, 0.15) is 31.0 Å². The van der Waals surface area contributed by atoms with Gasteiger partial charge in [0.05, 0.1) is 11.6 Å². The van der Waals surface area contributed by atoms with E-state index >= 15 is 0 Å². The molecule has 0 aliphatic heterocycles. The van der Waals surface area contributed by atoms with Gasteiger partial charge in [0.25, 0.3) is 0 Å². The summed E-state index contributed by atoms with van der Waals surface area (Å²) in [4.78, 5) is 1.60. The van der Waals surface area contributed by atoms with E-state index in [-0.39, 0.29) is 0 Å². The molecule has 0 radical (unpaired) electrons. The summed E-state index contributed by atoms with van der Waals surface area (Å²) in [6.07, 6.45) is 0. The smallest absolute Gasteiger partial charge is 0.200 e. The summed E-state index contributed by atoms with van der Waals surface area (Å²) in [5.74, 6) is -9.70. The summed E-state index contributed by atoms with van der Waals surface area (Å²) >= 11 is 5.81. The highest BCUT2D eigenvalue weighted by Crippen LogP contribution is 2.35. The maximum atomic E-state index is 14.3. The number of benzene rings is 2. The fraction of sp³-hybridized carbons (Fsp3) is 0.294. The molecule has 130 valence electrons. The maximum Gasteiger partial charge on any atom is 0.200 e. The fourth-order valence-corrected chi connectivity index (χ4v) is 2.78. The van der Waals surface area contributed by atoms with Crippen molar-refractivity contribution in [3.8, 4) is 0 Å². The van der Waals surface area contributed by atoms with Crippen molar-refractivity contribution in [1.82, 2.24) is 4.90 Å². The molecule has 0 saturated carbocycles. The first-order valence-electron chi connectivity index (χ1n) is 7.34. The van der Waals surface area contributed by atoms with E-state index in [4.69, 9.17) is 11.6 Å². The van der Waals surface area contributed by atoms with Crippen LogP contribution >= 0.6 is 11.6 Å². The summed E-state index contributed by atoms with van der Waals surface area (Å²) < 4.78 is 69.1. The molecule has 0 aromatic heterocycles. The van der Waals surface area contributed by atoms with E-state index < -0.39 is 40.7 Å². The van der Waals surface area contributed by atoms with E-state index in [2.05, 4.69) is 0 Å². The Labute approximate surface area is 141 Å². The summed E-state index contributed by atoms with van der Waals surface area (Å²) in [6, 6.07) is 4.88. The molecule has 0 N–H and O–H groups in total. The van der Waals surface area contributed by atoms with Crippen LogP contribution in [0.15, 0.2) is 24.3 Å². The molecule has 1 unspecified atom stereocenters. The van der Waals surface area contributed by atoms with Gasteiger partial charge in [-0.1, -0.05) is 37.6 Å². The zero-order valence-electron chi connectivity index (χ0n) is 13.0. The van der Waals surface area contributed by atoms with Crippen LogP contribution in [0.5, 0.6) is 0 Å². The molecular formula is C17H15ClF5N. The van der Waals surface area contributed by atoms with Gasteiger partial charge in [0.15, 0.2) is 23.3 Å². The van der Waals surface area contributed by atoms with Gasteiger partial charge >= 0.3 is 0 Å². The van der Waals surface area contributed by atoms with Gasteiger partial charge in [0.2, 0.25) is 5.82 Å². The van der Waals surface area contributed by atoms with Crippen molar-refractivity contribution in [2.75, 3.05) is 13.1 Å². The molecule has 0 spiro atoms. The number of rotatable bonds is 5. The molecule has 1 nitrogen and oxygen atoms in total. The Bertz CT molecular complexity index is 700. The van der Waals surface area contributed by atoms with E-state index in [9.17, 15) is 22.0 Å². The quantitative estimate of drug-likeness (QED) is 0.387. The van der Waals surface area contributed by atoms with Crippen LogP contribution in [0.3, 0.4) is 0 Å². The van der Waals surface area contributed by atoms with Gasteiger partial charge in [-0.3, -0.25) is 4.90 Å². The average molecular weight is 364 g/mol. The first-order chi connectivity index (χ1) is 11.3. The lowest BCUT2D eigenvalue weighted by molar-refractivity contribution is 0.234. The molecule has 0 aliphatic carbocycles. The Morgan fingerprint density at radius 2 is 1.21 bits per heavy atom. The second-order valence-electron chi connectivity index (χ2n) is 5.16. The van der Waals surface area contributed by atoms with Gasteiger partial charge in [-0.05, 0) is 30.8 Å². The third-order valence-corrected chi connectivity index (χ3v) is 4.13. The standard InChI is InChI=1S/C17H15ClF5N/c1-3-24(4-2)17(9-5-7-10(18)8-6-9)11-12(19)14(21)16(23)15(22)13(11)20/h5-8,17H,3-4H2,1-2H3. The minimum Gasteiger partial charge on any atom is -0.293 e. The largest absolute Gasteiger partial charge is 0.293 e. The molecule has 0 fully saturated rings. The Morgan fingerprint density at radius 1 is 0.792 bits per heavy atom. The first-order valence-corrected chi connectivity index (χ1v) is 7.72. The third-order valence-electron chi connectivity index (χ3n) is 3.88. The van der Waals surface area contributed by atoms with Crippen molar-refractivity contribution in [2.45, 2.75) is 19.9 Å². The van der Waals surface area contributed by atoms with E-state index in [0.717, 1.165) is 0 Å². The van der Waals surface area contributed by atoms with Crippen LogP contribution < -0.4 is 0 Å². The van der Waals surface area contributed by atoms with Crippen molar-refractivity contribution in [3.05, 3.63) is 69.5 Å². The minimum absolute atomic E-state index is 0.350. The van der Waals surface area contributed by atoms with Gasteiger partial charge in [0.1, 0.15) is 0 Å². The van der Waals surface area contributed by atoms with Gasteiger partial charge < -0.3 is 0 Å². The first kappa shape index (κ1) is 18.7. The lowest BCUT2D eigenvalue weighted by Gasteiger charge is -2.31. The van der Waals surface area contributed by atoms with Crippen LogP contribution in [-0.4, -0.2) is 18.0 Å². The van der Waals surface area contributed by atoms with E-state index in [1.54, 1.807) is 18.7 Å². The van der Waals surface area contributed by atoms with Crippen molar-refractivity contribution < 1.29 is 22.0 Å². The molecule has 24 heavy (non-hydrogen) atoms. The zero-order chi connectivity index (χ0) is 18.0. The van der Waals surface area contributed by atoms with E-state index in [1.165, 1.54) is 24.3 Å². The van der Waals surface area contributed by atoms with Gasteiger partial charge in [-0.2, -0.15) is 0 Å². The van der Waals surface area contributed by atoms with Gasteiger partial charge in [-0.25, -0.2) is 22.0 Å². The second-order valence-corrected chi connectivity index (χ2v) is 5.60. The lowest BCUT2D eigenvalue weighted by atomic mass is 9.95. The van der Waals surface area contributed by atoms with Crippen LogP contribution in [-0.2, 0) is 0 Å². The van der Waals surface area contributed by atoms with E-state index in [0.29, 0.717) is 23.7 Å². The van der Waals surface area contributed by atoms with Crippen LogP contribution in [0.4, 0.5) is 22.0 Å². The Hall–Kier alpha value is -1.66. The maximum absolute atomic E-state index is 14.3. The molecule has 2 rings (SSSR count). The monoisotopic (exact) mass is 363 g/mol. The summed E-state index contributed by atoms with van der Waals surface area (Å²) in [5.41, 5.74) is -0.483. The Kier molecular flexibility index (Phi) is 5.83. The van der Waals surface area contributed by atoms with Crippen molar-refractivity contribution >= 4 is 11.6 Å². The minimum atomic E-state index is -2.16. The van der Waals surface area contributed by atoms with Crippen LogP contribution in [0.2, 0.25) is 5.02 Å². The number of halogens is 6. The highest BCUT2D eigenvalue weighted by atomic mass is 35.5. The molecule has 2 aromatic carbocycles. The predicted octanol–water partition coefficient (Wildman–Crippen LogP) is 5.47. The number of hydrogen-bond acceptors (Lipinski definition) is 1. The summed E-state index contributed by atoms with van der Waals surface area (Å²) in [5, 5.41) is 0.398. The highest BCUT2D eigenvalue weighted by Gasteiger charge is 2.33. The van der Waals surface area contributed by atoms with Crippen molar-refractivity contribution in [1.29, 1.82) is 0 Å². The Balaban J connectivity index is 2.75. The second kappa shape index (κ2) is 7.49. The molecule has 0 bridgehead atoms.